The van der Waals surface area contributed by atoms with Gasteiger partial charge in [0.15, 0.2) is 11.6 Å². The molecular weight excluding hydrogens is 380 g/mol. The normalized spacial score (nSPS) is 23.5. The molecule has 1 aliphatic rings. The third-order valence-corrected chi connectivity index (χ3v) is 6.23. The van der Waals surface area contributed by atoms with Crippen molar-refractivity contribution in [1.29, 1.82) is 0 Å². The molecule has 1 N–H and O–H groups in total. The number of ether oxygens (including phenoxy) is 1. The van der Waals surface area contributed by atoms with Crippen LogP contribution in [0, 0.1) is 11.3 Å². The van der Waals surface area contributed by atoms with Gasteiger partial charge in [-0.1, -0.05) is 59.3 Å². The molecule has 0 saturated heterocycles. The number of hydrogen-bond acceptors (Lipinski definition) is 5. The van der Waals surface area contributed by atoms with Crippen LogP contribution in [0.4, 0.5) is 0 Å². The predicted octanol–water partition coefficient (Wildman–Crippen LogP) is 5.11. The summed E-state index contributed by atoms with van der Waals surface area (Å²) in [5.74, 6) is -1.00. The van der Waals surface area contributed by atoms with E-state index in [1.165, 1.54) is 37.8 Å². The molecule has 0 amide bonds. The second kappa shape index (κ2) is 12.2. The van der Waals surface area contributed by atoms with E-state index in [0.717, 1.165) is 19.3 Å². The summed E-state index contributed by atoms with van der Waals surface area (Å²) in [5.41, 5.74) is -1.57. The van der Waals surface area contributed by atoms with Crippen LogP contribution in [0.25, 0.3) is 0 Å². The molecule has 0 aromatic carbocycles. The van der Waals surface area contributed by atoms with Gasteiger partial charge in [0.1, 0.15) is 6.61 Å². The van der Waals surface area contributed by atoms with Crippen molar-refractivity contribution in [3.8, 4) is 0 Å². The lowest BCUT2D eigenvalue weighted by molar-refractivity contribution is -0.142. The molecule has 5 nitrogen and oxygen atoms in total. The van der Waals surface area contributed by atoms with E-state index in [9.17, 15) is 19.5 Å². The zero-order chi connectivity index (χ0) is 22.8. The van der Waals surface area contributed by atoms with E-state index < -0.39 is 16.9 Å². The summed E-state index contributed by atoms with van der Waals surface area (Å²) in [6.45, 7) is 9.08. The average Bonchev–Trinajstić information content (AvgIpc) is 2.67. The Bertz CT molecular complexity index is 654. The molecule has 0 aliphatic heterocycles. The van der Waals surface area contributed by atoms with E-state index in [0.29, 0.717) is 12.0 Å². The molecule has 1 rings (SSSR count). The molecule has 5 heteroatoms. The van der Waals surface area contributed by atoms with Crippen LogP contribution in [0.15, 0.2) is 23.8 Å². The Morgan fingerprint density at radius 3 is 2.33 bits per heavy atom. The van der Waals surface area contributed by atoms with Crippen molar-refractivity contribution in [3.63, 3.8) is 0 Å². The zero-order valence-corrected chi connectivity index (χ0v) is 19.5. The van der Waals surface area contributed by atoms with Gasteiger partial charge in [0.05, 0.1) is 5.60 Å². The van der Waals surface area contributed by atoms with Crippen LogP contribution in [0.3, 0.4) is 0 Å². The predicted molar refractivity (Wildman–Crippen MR) is 119 cm³/mol. The highest BCUT2D eigenvalue weighted by molar-refractivity contribution is 5.98. The number of carbonyl (C=O) groups is 3. The topological polar surface area (TPSA) is 80.7 Å². The molecule has 0 aromatic rings. The van der Waals surface area contributed by atoms with E-state index >= 15 is 0 Å². The maximum atomic E-state index is 12.6. The van der Waals surface area contributed by atoms with E-state index in [-0.39, 0.29) is 30.6 Å². The molecule has 0 aromatic heterocycles. The van der Waals surface area contributed by atoms with Gasteiger partial charge in [0.2, 0.25) is 0 Å². The Hall–Kier alpha value is -1.75. The number of hydrogen-bond donors (Lipinski definition) is 1. The minimum absolute atomic E-state index is 0.0599. The highest BCUT2D eigenvalue weighted by Crippen LogP contribution is 2.43. The second-order valence-corrected chi connectivity index (χ2v) is 9.27. The van der Waals surface area contributed by atoms with Crippen LogP contribution in [-0.4, -0.2) is 34.9 Å². The number of allylic oxidation sites excluding steroid dienone is 2. The number of aliphatic hydroxyl groups is 1. The van der Waals surface area contributed by atoms with Crippen LogP contribution in [0.2, 0.25) is 0 Å². The Morgan fingerprint density at radius 1 is 1.10 bits per heavy atom. The first-order chi connectivity index (χ1) is 14.0. The lowest BCUT2D eigenvalue weighted by Crippen LogP contribution is -2.49. The number of rotatable bonds is 13. The smallest absolute Gasteiger partial charge is 0.306 e. The Morgan fingerprint density at radius 2 is 1.70 bits per heavy atom. The molecule has 0 spiro atoms. The lowest BCUT2D eigenvalue weighted by atomic mass is 9.62. The summed E-state index contributed by atoms with van der Waals surface area (Å²) in [4.78, 5) is 36.7. The summed E-state index contributed by atoms with van der Waals surface area (Å²) in [5, 5.41) is 10.7. The van der Waals surface area contributed by atoms with Gasteiger partial charge in [-0.05, 0) is 44.1 Å². The van der Waals surface area contributed by atoms with E-state index in [1.54, 1.807) is 33.8 Å². The third-order valence-electron chi connectivity index (χ3n) is 6.23. The molecule has 30 heavy (non-hydrogen) atoms. The Kier molecular flexibility index (Phi) is 10.7. The minimum atomic E-state index is -1.23. The maximum absolute atomic E-state index is 12.6. The average molecular weight is 421 g/mol. The van der Waals surface area contributed by atoms with Crippen LogP contribution < -0.4 is 0 Å². The minimum Gasteiger partial charge on any atom is -0.461 e. The van der Waals surface area contributed by atoms with Gasteiger partial charge in [-0.2, -0.15) is 0 Å². The van der Waals surface area contributed by atoms with Gasteiger partial charge in [-0.25, -0.2) is 0 Å². The molecule has 0 saturated carbocycles. The van der Waals surface area contributed by atoms with Crippen molar-refractivity contribution in [2.24, 2.45) is 11.3 Å². The SMILES string of the molecule is CCCCCCCCCC(=O)OC/C=C(/C)C(=O)C[C@@H]1C(C)(C)C(=O)C=C[C@]1(C)O. The lowest BCUT2D eigenvalue weighted by Gasteiger charge is -2.43. The molecule has 1 aliphatic carbocycles. The molecule has 2 atom stereocenters. The van der Waals surface area contributed by atoms with Gasteiger partial charge < -0.3 is 9.84 Å². The first-order valence-corrected chi connectivity index (χ1v) is 11.3. The molecule has 0 unspecified atom stereocenters. The van der Waals surface area contributed by atoms with Crippen LogP contribution in [0.1, 0.15) is 92.4 Å². The fourth-order valence-electron chi connectivity index (χ4n) is 3.96. The number of esters is 1. The maximum Gasteiger partial charge on any atom is 0.306 e. The van der Waals surface area contributed by atoms with Gasteiger partial charge in [-0.15, -0.1) is 0 Å². The zero-order valence-electron chi connectivity index (χ0n) is 19.5. The van der Waals surface area contributed by atoms with Crippen LogP contribution in [-0.2, 0) is 19.1 Å². The Balaban J connectivity index is 2.41. The number of Topliss-reactive ketones (excluding diaryl/α,β-unsaturated/α-hetero) is 1. The van der Waals surface area contributed by atoms with Crippen molar-refractivity contribution in [3.05, 3.63) is 23.8 Å². The van der Waals surface area contributed by atoms with Crippen molar-refractivity contribution >= 4 is 17.5 Å². The van der Waals surface area contributed by atoms with Gasteiger partial charge in [0.25, 0.3) is 0 Å². The van der Waals surface area contributed by atoms with E-state index in [1.807, 2.05) is 0 Å². The number of carbonyl (C=O) groups excluding carboxylic acids is 3. The van der Waals surface area contributed by atoms with Gasteiger partial charge in [0, 0.05) is 24.2 Å². The van der Waals surface area contributed by atoms with E-state index in [2.05, 4.69) is 6.92 Å². The fourth-order valence-corrected chi connectivity index (χ4v) is 3.96. The summed E-state index contributed by atoms with van der Waals surface area (Å²) in [6.07, 6.45) is 13.0. The van der Waals surface area contributed by atoms with Crippen LogP contribution in [0.5, 0.6) is 0 Å². The standard InChI is InChI=1S/C25H40O5/c1-6-7-8-9-10-11-12-13-23(28)30-17-15-19(2)20(26)18-21-24(3,4)22(27)14-16-25(21,5)29/h14-16,21,29H,6-13,17-18H2,1-5H3/b19-15-/t21-,25+/m1/s1. The third kappa shape index (κ3) is 8.17. The first-order valence-electron chi connectivity index (χ1n) is 11.3. The van der Waals surface area contributed by atoms with E-state index in [4.69, 9.17) is 4.74 Å². The van der Waals surface area contributed by atoms with Crippen molar-refractivity contribution in [2.75, 3.05) is 6.61 Å². The van der Waals surface area contributed by atoms with Crippen molar-refractivity contribution < 1.29 is 24.2 Å². The number of ketones is 2. The monoisotopic (exact) mass is 420 g/mol. The summed E-state index contributed by atoms with van der Waals surface area (Å²) >= 11 is 0. The molecule has 170 valence electrons. The van der Waals surface area contributed by atoms with Crippen LogP contribution >= 0.6 is 0 Å². The summed E-state index contributed by atoms with van der Waals surface area (Å²) in [6, 6.07) is 0. The summed E-state index contributed by atoms with van der Waals surface area (Å²) in [7, 11) is 0. The first kappa shape index (κ1) is 26.3. The molecule has 0 radical (unpaired) electrons. The molecular formula is C25H40O5. The van der Waals surface area contributed by atoms with Crippen molar-refractivity contribution in [1.82, 2.24) is 0 Å². The number of unbranched alkanes of at least 4 members (excludes halogenated alkanes) is 6. The fraction of sp³-hybridized carbons (Fsp3) is 0.720. The molecule has 0 heterocycles. The highest BCUT2D eigenvalue weighted by Gasteiger charge is 2.48. The molecule has 0 bridgehead atoms. The second-order valence-electron chi connectivity index (χ2n) is 9.27. The quantitative estimate of drug-likeness (QED) is 0.254. The van der Waals surface area contributed by atoms with Gasteiger partial charge >= 0.3 is 5.97 Å². The van der Waals surface area contributed by atoms with Crippen molar-refractivity contribution in [2.45, 2.75) is 98.0 Å². The highest BCUT2D eigenvalue weighted by atomic mass is 16.5. The Labute approximate surface area is 182 Å². The largest absolute Gasteiger partial charge is 0.461 e. The summed E-state index contributed by atoms with van der Waals surface area (Å²) < 4.78 is 5.21. The molecule has 0 fully saturated rings. The van der Waals surface area contributed by atoms with Gasteiger partial charge in [-0.3, -0.25) is 14.4 Å².